The number of carbonyl (C=O) groups excluding carboxylic acids is 2. The molecule has 0 rings (SSSR count). The van der Waals surface area contributed by atoms with E-state index in [2.05, 4.69) is 9.89 Å². The first-order valence-corrected chi connectivity index (χ1v) is 3.49. The highest BCUT2D eigenvalue weighted by atomic mass is 16.5. The van der Waals surface area contributed by atoms with E-state index in [1.165, 1.54) is 6.92 Å². The average Bonchev–Trinajstić information content (AvgIpc) is 2.04. The molecule has 0 amide bonds. The Morgan fingerprint density at radius 3 is 2.50 bits per heavy atom. The molecule has 0 aromatic heterocycles. The Morgan fingerprint density at radius 1 is 1.50 bits per heavy atom. The maximum absolute atomic E-state index is 10.8. The van der Waals surface area contributed by atoms with Crippen molar-refractivity contribution in [1.82, 2.24) is 0 Å². The molecule has 5 heteroatoms. The normalized spacial score (nSPS) is 11.0. The molecule has 5 nitrogen and oxygen atoms in total. The molecule has 0 aromatic rings. The highest BCUT2D eigenvalue weighted by molar-refractivity contribution is 6.37. The molecule has 68 valence electrons. The van der Waals surface area contributed by atoms with Gasteiger partial charge in [0.2, 0.25) is 5.78 Å². The molecule has 12 heavy (non-hydrogen) atoms. The van der Waals surface area contributed by atoms with Crippen LogP contribution in [0.3, 0.4) is 0 Å². The number of hydrogen-bond acceptors (Lipinski definition) is 5. The number of rotatable bonds is 4. The molecule has 0 bridgehead atoms. The van der Waals surface area contributed by atoms with Crippen molar-refractivity contribution in [2.45, 2.75) is 20.3 Å². The molecule has 0 aliphatic carbocycles. The quantitative estimate of drug-likeness (QED) is 0.219. The number of hydrogen-bond donors (Lipinski definition) is 1. The second-order valence-electron chi connectivity index (χ2n) is 2.16. The first kappa shape index (κ1) is 10.6. The molecule has 0 aliphatic rings. The first-order valence-electron chi connectivity index (χ1n) is 3.49. The summed E-state index contributed by atoms with van der Waals surface area (Å²) in [7, 11) is 0. The second-order valence-corrected chi connectivity index (χ2v) is 2.16. The lowest BCUT2D eigenvalue weighted by atomic mass is 10.2. The SMILES string of the molecule is CCOC(=O)C(=O)C/C(C)=N\O. The highest BCUT2D eigenvalue weighted by Gasteiger charge is 2.15. The van der Waals surface area contributed by atoms with Crippen molar-refractivity contribution in [3.63, 3.8) is 0 Å². The number of nitrogens with zero attached hydrogens (tertiary/aromatic N) is 1. The molecule has 1 N–H and O–H groups in total. The Labute approximate surface area is 70.0 Å². The molecule has 0 unspecified atom stereocenters. The lowest BCUT2D eigenvalue weighted by Gasteiger charge is -1.98. The molecule has 0 fully saturated rings. The second kappa shape index (κ2) is 5.29. The summed E-state index contributed by atoms with van der Waals surface area (Å²) >= 11 is 0. The fourth-order valence-corrected chi connectivity index (χ4v) is 0.551. The van der Waals surface area contributed by atoms with E-state index in [1.54, 1.807) is 6.92 Å². The standard InChI is InChI=1S/C7H11NO4/c1-3-12-7(10)6(9)4-5(2)8-11/h11H,3-4H2,1-2H3/b8-5-. The van der Waals surface area contributed by atoms with Gasteiger partial charge < -0.3 is 9.94 Å². The summed E-state index contributed by atoms with van der Waals surface area (Å²) in [6, 6.07) is 0. The van der Waals surface area contributed by atoms with Crippen molar-refractivity contribution in [3.05, 3.63) is 0 Å². The van der Waals surface area contributed by atoms with E-state index in [0.29, 0.717) is 0 Å². The van der Waals surface area contributed by atoms with Gasteiger partial charge in [0.05, 0.1) is 18.7 Å². The van der Waals surface area contributed by atoms with Crippen LogP contribution in [-0.2, 0) is 14.3 Å². The number of ether oxygens (including phenoxy) is 1. The molecular formula is C7H11NO4. The molecule has 0 heterocycles. The number of Topliss-reactive ketones (excluding diaryl/α,β-unsaturated/α-hetero) is 1. The van der Waals surface area contributed by atoms with Crippen molar-refractivity contribution in [3.8, 4) is 0 Å². The predicted molar refractivity (Wildman–Crippen MR) is 41.2 cm³/mol. The third kappa shape index (κ3) is 3.70. The number of carbonyl (C=O) groups is 2. The van der Waals surface area contributed by atoms with Crippen molar-refractivity contribution in [2.24, 2.45) is 5.16 Å². The van der Waals surface area contributed by atoms with Gasteiger partial charge in [0, 0.05) is 0 Å². The van der Waals surface area contributed by atoms with Crippen molar-refractivity contribution < 1.29 is 19.5 Å². The van der Waals surface area contributed by atoms with Crippen LogP contribution in [0.25, 0.3) is 0 Å². The molecule has 0 aliphatic heterocycles. The topological polar surface area (TPSA) is 76.0 Å². The molecule has 0 radical (unpaired) electrons. The van der Waals surface area contributed by atoms with Gasteiger partial charge in [-0.1, -0.05) is 5.16 Å². The Kier molecular flexibility index (Phi) is 4.67. The summed E-state index contributed by atoms with van der Waals surface area (Å²) in [6.07, 6.45) is -0.199. The van der Waals surface area contributed by atoms with Crippen LogP contribution in [0.5, 0.6) is 0 Å². The fourth-order valence-electron chi connectivity index (χ4n) is 0.551. The third-order valence-corrected chi connectivity index (χ3v) is 1.09. The van der Waals surface area contributed by atoms with Crippen LogP contribution >= 0.6 is 0 Å². The minimum Gasteiger partial charge on any atom is -0.460 e. The van der Waals surface area contributed by atoms with Gasteiger partial charge in [0.25, 0.3) is 0 Å². The lowest BCUT2D eigenvalue weighted by Crippen LogP contribution is -2.19. The maximum Gasteiger partial charge on any atom is 0.374 e. The van der Waals surface area contributed by atoms with E-state index in [1.807, 2.05) is 0 Å². The monoisotopic (exact) mass is 173 g/mol. The molecule has 0 aromatic carbocycles. The zero-order valence-corrected chi connectivity index (χ0v) is 7.03. The van der Waals surface area contributed by atoms with Crippen molar-refractivity contribution in [2.75, 3.05) is 6.61 Å². The van der Waals surface area contributed by atoms with Gasteiger partial charge in [0.1, 0.15) is 0 Å². The minimum atomic E-state index is -0.888. The van der Waals surface area contributed by atoms with Crippen LogP contribution in [0, 0.1) is 0 Å². The molecular weight excluding hydrogens is 162 g/mol. The van der Waals surface area contributed by atoms with Gasteiger partial charge in [-0.05, 0) is 13.8 Å². The Balaban J connectivity index is 3.96. The van der Waals surface area contributed by atoms with E-state index < -0.39 is 11.8 Å². The van der Waals surface area contributed by atoms with E-state index >= 15 is 0 Å². The summed E-state index contributed by atoms with van der Waals surface area (Å²) in [5.74, 6) is -1.59. The average molecular weight is 173 g/mol. The summed E-state index contributed by atoms with van der Waals surface area (Å²) < 4.78 is 4.42. The molecule has 0 saturated carbocycles. The van der Waals surface area contributed by atoms with Gasteiger partial charge in [-0.25, -0.2) is 4.79 Å². The zero-order chi connectivity index (χ0) is 9.56. The summed E-state index contributed by atoms with van der Waals surface area (Å²) in [5, 5.41) is 10.9. The Bertz CT molecular complexity index is 209. The number of oxime groups is 1. The van der Waals surface area contributed by atoms with Crippen LogP contribution in [0.15, 0.2) is 5.16 Å². The summed E-state index contributed by atoms with van der Waals surface area (Å²) in [5.41, 5.74) is 0.188. The Hall–Kier alpha value is -1.39. The lowest BCUT2D eigenvalue weighted by molar-refractivity contribution is -0.152. The summed E-state index contributed by atoms with van der Waals surface area (Å²) in [4.78, 5) is 21.5. The zero-order valence-electron chi connectivity index (χ0n) is 7.03. The molecule has 0 saturated heterocycles. The number of esters is 1. The first-order chi connectivity index (χ1) is 5.61. The van der Waals surface area contributed by atoms with E-state index in [-0.39, 0.29) is 18.7 Å². The van der Waals surface area contributed by atoms with Crippen molar-refractivity contribution >= 4 is 17.5 Å². The van der Waals surface area contributed by atoms with E-state index in [9.17, 15) is 9.59 Å². The van der Waals surface area contributed by atoms with Crippen LogP contribution in [0.2, 0.25) is 0 Å². The molecule has 0 spiro atoms. The van der Waals surface area contributed by atoms with Crippen LogP contribution in [0.4, 0.5) is 0 Å². The largest absolute Gasteiger partial charge is 0.460 e. The minimum absolute atomic E-state index is 0.167. The highest BCUT2D eigenvalue weighted by Crippen LogP contribution is 1.90. The third-order valence-electron chi connectivity index (χ3n) is 1.09. The van der Waals surface area contributed by atoms with Gasteiger partial charge in [-0.2, -0.15) is 0 Å². The maximum atomic E-state index is 10.8. The number of ketones is 1. The Morgan fingerprint density at radius 2 is 2.08 bits per heavy atom. The van der Waals surface area contributed by atoms with Crippen LogP contribution in [0.1, 0.15) is 20.3 Å². The van der Waals surface area contributed by atoms with Gasteiger partial charge in [-0.3, -0.25) is 4.79 Å². The van der Waals surface area contributed by atoms with Gasteiger partial charge in [-0.15, -0.1) is 0 Å². The van der Waals surface area contributed by atoms with Crippen LogP contribution < -0.4 is 0 Å². The van der Waals surface area contributed by atoms with Crippen molar-refractivity contribution in [1.29, 1.82) is 0 Å². The fraction of sp³-hybridized carbons (Fsp3) is 0.571. The summed E-state index contributed by atoms with van der Waals surface area (Å²) in [6.45, 7) is 3.22. The van der Waals surface area contributed by atoms with E-state index in [4.69, 9.17) is 5.21 Å². The van der Waals surface area contributed by atoms with Gasteiger partial charge in [0.15, 0.2) is 0 Å². The molecule has 0 atom stereocenters. The van der Waals surface area contributed by atoms with Gasteiger partial charge >= 0.3 is 5.97 Å². The van der Waals surface area contributed by atoms with E-state index in [0.717, 1.165) is 0 Å². The van der Waals surface area contributed by atoms with Crippen LogP contribution in [-0.4, -0.2) is 29.3 Å². The smallest absolute Gasteiger partial charge is 0.374 e. The predicted octanol–water partition coefficient (Wildman–Crippen LogP) is 0.359.